The van der Waals surface area contributed by atoms with Crippen LogP contribution < -0.4 is 5.32 Å². The van der Waals surface area contributed by atoms with Crippen LogP contribution in [0.4, 0.5) is 5.95 Å². The molecule has 3 rings (SSSR count). The van der Waals surface area contributed by atoms with Gasteiger partial charge >= 0.3 is 0 Å². The number of aromatic nitrogens is 3. The van der Waals surface area contributed by atoms with Crippen LogP contribution in [0, 0.1) is 0 Å². The van der Waals surface area contributed by atoms with Crippen molar-refractivity contribution < 1.29 is 13.2 Å². The van der Waals surface area contributed by atoms with Gasteiger partial charge in [-0.25, -0.2) is 13.5 Å². The van der Waals surface area contributed by atoms with Crippen LogP contribution >= 0.6 is 0 Å². The Balaban J connectivity index is 1.58. The van der Waals surface area contributed by atoms with Gasteiger partial charge < -0.3 is 0 Å². The quantitative estimate of drug-likeness (QED) is 0.800. The second-order valence-electron chi connectivity index (χ2n) is 6.34. The minimum Gasteiger partial charge on any atom is -0.295 e. The van der Waals surface area contributed by atoms with Crippen LogP contribution in [0.15, 0.2) is 35.5 Å². The molecule has 1 amide bonds. The molecule has 1 fully saturated rings. The predicted octanol–water partition coefficient (Wildman–Crippen LogP) is 1.94. The highest BCUT2D eigenvalue weighted by Crippen LogP contribution is 2.21. The van der Waals surface area contributed by atoms with Crippen LogP contribution in [-0.2, 0) is 21.2 Å². The van der Waals surface area contributed by atoms with Gasteiger partial charge in [0.25, 0.3) is 0 Å². The third-order valence-corrected chi connectivity index (χ3v) is 6.35. The van der Waals surface area contributed by atoms with Crippen molar-refractivity contribution in [2.75, 3.05) is 18.4 Å². The van der Waals surface area contributed by atoms with Crippen molar-refractivity contribution >= 4 is 21.9 Å². The minimum absolute atomic E-state index is 0.178. The molecule has 0 spiro atoms. The summed E-state index contributed by atoms with van der Waals surface area (Å²) in [5.41, 5.74) is 0.910. The average Bonchev–Trinajstić information content (AvgIpc) is 2.98. The van der Waals surface area contributed by atoms with E-state index in [0.29, 0.717) is 30.4 Å². The Bertz CT molecular complexity index is 811. The summed E-state index contributed by atoms with van der Waals surface area (Å²) in [4.78, 5) is 16.0. The van der Waals surface area contributed by atoms with Gasteiger partial charge in [0.05, 0.1) is 4.90 Å². The molecule has 0 radical (unpaired) electrons. The largest absolute Gasteiger partial charge is 0.295 e. The van der Waals surface area contributed by atoms with Gasteiger partial charge in [0.2, 0.25) is 21.9 Å². The first-order chi connectivity index (χ1) is 12.6. The molecule has 0 unspecified atom stereocenters. The number of H-pyrrole nitrogens is 1. The molecule has 0 saturated carbocycles. The zero-order chi connectivity index (χ0) is 18.4. The highest BCUT2D eigenvalue weighted by molar-refractivity contribution is 7.89. The first-order valence-electron chi connectivity index (χ1n) is 8.80. The predicted molar refractivity (Wildman–Crippen MR) is 97.0 cm³/mol. The number of amides is 1. The highest BCUT2D eigenvalue weighted by Gasteiger charge is 2.24. The Morgan fingerprint density at radius 2 is 1.81 bits per heavy atom. The monoisotopic (exact) mass is 377 g/mol. The van der Waals surface area contributed by atoms with Crippen LogP contribution in [0.2, 0.25) is 0 Å². The van der Waals surface area contributed by atoms with Crippen LogP contribution in [0.3, 0.4) is 0 Å². The van der Waals surface area contributed by atoms with Gasteiger partial charge in [-0.15, -0.1) is 0 Å². The summed E-state index contributed by atoms with van der Waals surface area (Å²) < 4.78 is 27.1. The summed E-state index contributed by atoms with van der Waals surface area (Å²) in [6.45, 7) is 1.18. The summed E-state index contributed by atoms with van der Waals surface area (Å²) >= 11 is 0. The topological polar surface area (TPSA) is 108 Å². The van der Waals surface area contributed by atoms with Crippen molar-refractivity contribution in [1.29, 1.82) is 0 Å². The van der Waals surface area contributed by atoms with E-state index in [1.807, 2.05) is 0 Å². The number of benzene rings is 1. The molecular weight excluding hydrogens is 354 g/mol. The first kappa shape index (κ1) is 18.5. The molecular formula is C17H23N5O3S. The van der Waals surface area contributed by atoms with E-state index in [1.165, 1.54) is 6.33 Å². The smallest absolute Gasteiger partial charge is 0.243 e. The summed E-state index contributed by atoms with van der Waals surface area (Å²) in [7, 11) is -3.43. The Labute approximate surface area is 153 Å². The fourth-order valence-electron chi connectivity index (χ4n) is 2.98. The van der Waals surface area contributed by atoms with Crippen LogP contribution in [0.1, 0.15) is 37.7 Å². The number of hydrogen-bond donors (Lipinski definition) is 2. The van der Waals surface area contributed by atoms with Crippen molar-refractivity contribution in [2.24, 2.45) is 0 Å². The molecule has 0 atom stereocenters. The Hall–Kier alpha value is -2.26. The van der Waals surface area contributed by atoms with Crippen molar-refractivity contribution in [3.05, 3.63) is 36.2 Å². The number of carbonyl (C=O) groups excluding carboxylic acids is 1. The average molecular weight is 377 g/mol. The lowest BCUT2D eigenvalue weighted by Crippen LogP contribution is -2.31. The second kappa shape index (κ2) is 8.41. The molecule has 1 aliphatic rings. The molecule has 2 N–H and O–H groups in total. The maximum Gasteiger partial charge on any atom is 0.243 e. The zero-order valence-corrected chi connectivity index (χ0v) is 15.3. The number of nitrogens with one attached hydrogen (secondary N) is 2. The molecule has 2 aromatic rings. The van der Waals surface area contributed by atoms with E-state index in [2.05, 4.69) is 20.5 Å². The second-order valence-corrected chi connectivity index (χ2v) is 8.28. The first-order valence-corrected chi connectivity index (χ1v) is 10.2. The summed E-state index contributed by atoms with van der Waals surface area (Å²) in [5, 5.41) is 8.83. The molecule has 0 bridgehead atoms. The minimum atomic E-state index is -3.43. The highest BCUT2D eigenvalue weighted by atomic mass is 32.2. The molecule has 0 aliphatic carbocycles. The Morgan fingerprint density at radius 3 is 2.42 bits per heavy atom. The molecule has 1 aromatic heterocycles. The third-order valence-electron chi connectivity index (χ3n) is 4.44. The van der Waals surface area contributed by atoms with Crippen molar-refractivity contribution in [1.82, 2.24) is 19.5 Å². The fraction of sp³-hybridized carbons (Fsp3) is 0.471. The fourth-order valence-corrected chi connectivity index (χ4v) is 4.49. The number of hydrogen-bond acceptors (Lipinski definition) is 5. The summed E-state index contributed by atoms with van der Waals surface area (Å²) in [6.07, 6.45) is 6.11. The molecule has 9 heteroatoms. The van der Waals surface area contributed by atoms with E-state index < -0.39 is 10.0 Å². The molecule has 1 aromatic carbocycles. The van der Waals surface area contributed by atoms with Crippen molar-refractivity contribution in [3.63, 3.8) is 0 Å². The van der Waals surface area contributed by atoms with Gasteiger partial charge in [0, 0.05) is 19.5 Å². The summed E-state index contributed by atoms with van der Waals surface area (Å²) in [6, 6.07) is 6.80. The number of aromatic amines is 1. The SMILES string of the molecule is O=C(CCc1ccc(S(=O)(=O)N2CCCCCC2)cc1)Nc1ncn[nH]1. The van der Waals surface area contributed by atoms with E-state index in [9.17, 15) is 13.2 Å². The van der Waals surface area contributed by atoms with Crippen molar-refractivity contribution in [2.45, 2.75) is 43.4 Å². The standard InChI is InChI=1S/C17H23N5O3S/c23-16(20-17-18-13-19-21-17)10-7-14-5-8-15(9-6-14)26(24,25)22-11-3-1-2-4-12-22/h5-6,8-9,13H,1-4,7,10-12H2,(H2,18,19,20,21,23). The van der Waals surface area contributed by atoms with Gasteiger partial charge in [0.1, 0.15) is 6.33 Å². The van der Waals surface area contributed by atoms with E-state index in [-0.39, 0.29) is 12.3 Å². The summed E-state index contributed by atoms with van der Waals surface area (Å²) in [5.74, 6) is 0.136. The van der Waals surface area contributed by atoms with E-state index >= 15 is 0 Å². The Kier molecular flexibility index (Phi) is 6.00. The van der Waals surface area contributed by atoms with Gasteiger partial charge in [0.15, 0.2) is 0 Å². The number of aryl methyl sites for hydroxylation is 1. The number of carbonyl (C=O) groups is 1. The number of anilines is 1. The number of rotatable bonds is 6. The molecule has 26 heavy (non-hydrogen) atoms. The lowest BCUT2D eigenvalue weighted by Gasteiger charge is -2.20. The van der Waals surface area contributed by atoms with Crippen LogP contribution in [-0.4, -0.2) is 46.9 Å². The van der Waals surface area contributed by atoms with Crippen LogP contribution in [0.25, 0.3) is 0 Å². The van der Waals surface area contributed by atoms with Crippen LogP contribution in [0.5, 0.6) is 0 Å². The van der Waals surface area contributed by atoms with Gasteiger partial charge in [-0.3, -0.25) is 10.1 Å². The van der Waals surface area contributed by atoms with Gasteiger partial charge in [-0.2, -0.15) is 14.4 Å². The number of nitrogens with zero attached hydrogens (tertiary/aromatic N) is 3. The molecule has 140 valence electrons. The lowest BCUT2D eigenvalue weighted by atomic mass is 10.1. The molecule has 1 aliphatic heterocycles. The molecule has 1 saturated heterocycles. The molecule has 8 nitrogen and oxygen atoms in total. The third kappa shape index (κ3) is 4.67. The molecule has 2 heterocycles. The van der Waals surface area contributed by atoms with Gasteiger partial charge in [-0.05, 0) is 37.0 Å². The Morgan fingerprint density at radius 1 is 1.12 bits per heavy atom. The van der Waals surface area contributed by atoms with E-state index in [4.69, 9.17) is 0 Å². The maximum absolute atomic E-state index is 12.7. The maximum atomic E-state index is 12.7. The van der Waals surface area contributed by atoms with E-state index in [1.54, 1.807) is 28.6 Å². The lowest BCUT2D eigenvalue weighted by molar-refractivity contribution is -0.116. The van der Waals surface area contributed by atoms with E-state index in [0.717, 1.165) is 31.2 Å². The van der Waals surface area contributed by atoms with Crippen molar-refractivity contribution in [3.8, 4) is 0 Å². The number of sulfonamides is 1. The normalized spacial score (nSPS) is 16.2. The van der Waals surface area contributed by atoms with Gasteiger partial charge in [-0.1, -0.05) is 25.0 Å². The zero-order valence-electron chi connectivity index (χ0n) is 14.5.